The summed E-state index contributed by atoms with van der Waals surface area (Å²) in [6.07, 6.45) is 1.62. The number of aliphatic imine (C=N–C) groups is 1. The number of halogens is 1. The highest BCUT2D eigenvalue weighted by atomic mass is 127. The van der Waals surface area contributed by atoms with E-state index in [2.05, 4.69) is 15.2 Å². The quantitative estimate of drug-likeness (QED) is 0.285. The number of hydrogen-bond donors (Lipinski definition) is 2. The van der Waals surface area contributed by atoms with E-state index in [4.69, 9.17) is 4.74 Å². The van der Waals surface area contributed by atoms with Crippen molar-refractivity contribution in [3.05, 3.63) is 35.9 Å². The molecular weight excluding hydrogens is 445 g/mol. The lowest BCUT2D eigenvalue weighted by atomic mass is 9.97. The Labute approximate surface area is 173 Å². The first-order valence-corrected chi connectivity index (χ1v) is 8.97. The lowest BCUT2D eigenvalue weighted by molar-refractivity contribution is -0.146. The van der Waals surface area contributed by atoms with Crippen LogP contribution in [0.4, 0.5) is 0 Å². The van der Waals surface area contributed by atoms with Crippen molar-refractivity contribution in [3.63, 3.8) is 0 Å². The molecule has 1 fully saturated rings. The van der Waals surface area contributed by atoms with Crippen LogP contribution in [0.5, 0.6) is 0 Å². The van der Waals surface area contributed by atoms with Gasteiger partial charge >= 0.3 is 5.97 Å². The molecule has 1 atom stereocenters. The maximum Gasteiger partial charge on any atom is 0.308 e. The number of aliphatic hydroxyl groups excluding tert-OH is 1. The number of rotatable bonds is 6. The maximum absolute atomic E-state index is 11.6. The Kier molecular flexibility index (Phi) is 10.6. The number of nitrogens with zero attached hydrogens (tertiary/aromatic N) is 2. The molecule has 1 aromatic rings. The summed E-state index contributed by atoms with van der Waals surface area (Å²) in [6.45, 7) is 4.68. The van der Waals surface area contributed by atoms with Crippen LogP contribution in [0.1, 0.15) is 25.3 Å². The minimum Gasteiger partial charge on any atom is -0.469 e. The molecule has 0 saturated carbocycles. The number of esters is 1. The maximum atomic E-state index is 11.6. The van der Waals surface area contributed by atoms with Gasteiger partial charge in [-0.1, -0.05) is 30.3 Å². The zero-order chi connectivity index (χ0) is 18.1. The van der Waals surface area contributed by atoms with Crippen molar-refractivity contribution in [3.8, 4) is 0 Å². The van der Waals surface area contributed by atoms with Crippen LogP contribution in [0.15, 0.2) is 35.3 Å². The van der Waals surface area contributed by atoms with Crippen LogP contribution in [-0.2, 0) is 16.0 Å². The van der Waals surface area contributed by atoms with Crippen molar-refractivity contribution < 1.29 is 14.6 Å². The Morgan fingerprint density at radius 1 is 1.35 bits per heavy atom. The lowest BCUT2D eigenvalue weighted by Crippen LogP contribution is -2.47. The fourth-order valence-corrected chi connectivity index (χ4v) is 3.06. The van der Waals surface area contributed by atoms with E-state index in [0.717, 1.165) is 44.0 Å². The number of nitrogens with one attached hydrogen (secondary N) is 1. The van der Waals surface area contributed by atoms with E-state index in [0.29, 0.717) is 13.0 Å². The van der Waals surface area contributed by atoms with Crippen LogP contribution >= 0.6 is 24.0 Å². The topological polar surface area (TPSA) is 74.2 Å². The molecule has 0 amide bonds. The number of carbonyl (C=O) groups excluding carboxylic acids is 1. The number of guanidine groups is 1. The number of carbonyl (C=O) groups is 1. The normalized spacial score (nSPS) is 16.6. The van der Waals surface area contributed by atoms with E-state index in [1.165, 1.54) is 7.11 Å². The Bertz CT molecular complexity index is 560. The predicted molar refractivity (Wildman–Crippen MR) is 114 cm³/mol. The van der Waals surface area contributed by atoms with E-state index < -0.39 is 6.10 Å². The Balaban J connectivity index is 0.00000338. The minimum atomic E-state index is -0.510. The smallest absolute Gasteiger partial charge is 0.308 e. The molecule has 2 N–H and O–H groups in total. The third kappa shape index (κ3) is 7.11. The standard InChI is InChI=1S/C19H29N3O3.HI/c1-3-20-19(22-11-9-16(10-12-22)18(24)25-2)21-14-17(23)13-15-7-5-4-6-8-15;/h4-8,16-17,23H,3,9-14H2,1-2H3,(H,20,21);1H. The molecule has 1 heterocycles. The molecule has 1 saturated heterocycles. The summed E-state index contributed by atoms with van der Waals surface area (Å²) in [5, 5.41) is 13.5. The van der Waals surface area contributed by atoms with Crippen LogP contribution in [0.25, 0.3) is 0 Å². The van der Waals surface area contributed by atoms with E-state index in [1.807, 2.05) is 37.3 Å². The Morgan fingerprint density at radius 2 is 2.00 bits per heavy atom. The van der Waals surface area contributed by atoms with Gasteiger partial charge in [0.15, 0.2) is 5.96 Å². The fourth-order valence-electron chi connectivity index (χ4n) is 3.06. The Hall–Kier alpha value is -1.35. The highest BCUT2D eigenvalue weighted by molar-refractivity contribution is 14.0. The van der Waals surface area contributed by atoms with E-state index >= 15 is 0 Å². The number of likely N-dealkylation sites (tertiary alicyclic amines) is 1. The second kappa shape index (κ2) is 12.1. The van der Waals surface area contributed by atoms with Crippen LogP contribution < -0.4 is 5.32 Å². The van der Waals surface area contributed by atoms with Gasteiger partial charge in [-0.05, 0) is 25.3 Å². The summed E-state index contributed by atoms with van der Waals surface area (Å²) in [7, 11) is 1.44. The predicted octanol–water partition coefficient (Wildman–Crippen LogP) is 2.06. The average molecular weight is 475 g/mol. The fraction of sp³-hybridized carbons (Fsp3) is 0.579. The second-order valence-electron chi connectivity index (χ2n) is 6.32. The van der Waals surface area contributed by atoms with Crippen molar-refractivity contribution in [1.82, 2.24) is 10.2 Å². The van der Waals surface area contributed by atoms with Crippen molar-refractivity contribution in [2.45, 2.75) is 32.3 Å². The first kappa shape index (κ1) is 22.7. The van der Waals surface area contributed by atoms with Crippen LogP contribution in [0.2, 0.25) is 0 Å². The molecule has 6 nitrogen and oxygen atoms in total. The molecule has 0 bridgehead atoms. The van der Waals surface area contributed by atoms with E-state index in [1.54, 1.807) is 0 Å². The van der Waals surface area contributed by atoms with Gasteiger partial charge in [0, 0.05) is 26.1 Å². The number of piperidine rings is 1. The first-order valence-electron chi connectivity index (χ1n) is 8.97. The number of benzene rings is 1. The van der Waals surface area contributed by atoms with Crippen molar-refractivity contribution in [1.29, 1.82) is 0 Å². The summed E-state index contributed by atoms with van der Waals surface area (Å²) in [6, 6.07) is 9.93. The third-order valence-electron chi connectivity index (χ3n) is 4.43. The molecule has 0 radical (unpaired) electrons. The molecule has 0 aliphatic carbocycles. The highest BCUT2D eigenvalue weighted by Crippen LogP contribution is 2.18. The van der Waals surface area contributed by atoms with Crippen molar-refractivity contribution in [2.24, 2.45) is 10.9 Å². The zero-order valence-electron chi connectivity index (χ0n) is 15.6. The largest absolute Gasteiger partial charge is 0.469 e. The molecule has 0 spiro atoms. The summed E-state index contributed by atoms with van der Waals surface area (Å²) < 4.78 is 4.83. The van der Waals surface area contributed by atoms with Gasteiger partial charge in [0.2, 0.25) is 0 Å². The molecular formula is C19H30IN3O3. The van der Waals surface area contributed by atoms with Gasteiger partial charge in [0.05, 0.1) is 25.7 Å². The summed E-state index contributed by atoms with van der Waals surface area (Å²) in [5.41, 5.74) is 1.11. The molecule has 2 rings (SSSR count). The highest BCUT2D eigenvalue weighted by Gasteiger charge is 2.27. The van der Waals surface area contributed by atoms with Crippen molar-refractivity contribution in [2.75, 3.05) is 33.3 Å². The third-order valence-corrected chi connectivity index (χ3v) is 4.43. The van der Waals surface area contributed by atoms with Gasteiger partial charge in [-0.15, -0.1) is 24.0 Å². The van der Waals surface area contributed by atoms with E-state index in [9.17, 15) is 9.90 Å². The van der Waals surface area contributed by atoms with Crippen LogP contribution in [0, 0.1) is 5.92 Å². The van der Waals surface area contributed by atoms with E-state index in [-0.39, 0.29) is 35.9 Å². The molecule has 1 aromatic carbocycles. The molecule has 146 valence electrons. The molecule has 1 aliphatic rings. The van der Waals surface area contributed by atoms with Gasteiger partial charge in [0.1, 0.15) is 0 Å². The van der Waals surface area contributed by atoms with Crippen molar-refractivity contribution >= 4 is 35.9 Å². The van der Waals surface area contributed by atoms with Gasteiger partial charge in [-0.25, -0.2) is 0 Å². The molecule has 1 unspecified atom stereocenters. The van der Waals surface area contributed by atoms with Gasteiger partial charge < -0.3 is 20.1 Å². The lowest BCUT2D eigenvalue weighted by Gasteiger charge is -2.33. The molecule has 1 aliphatic heterocycles. The molecule has 7 heteroatoms. The monoisotopic (exact) mass is 475 g/mol. The van der Waals surface area contributed by atoms with Gasteiger partial charge in [-0.3, -0.25) is 9.79 Å². The first-order chi connectivity index (χ1) is 12.1. The average Bonchev–Trinajstić information content (AvgIpc) is 2.65. The summed E-state index contributed by atoms with van der Waals surface area (Å²) >= 11 is 0. The SMILES string of the molecule is CCNC(=NCC(O)Cc1ccccc1)N1CCC(C(=O)OC)CC1.I. The molecule has 26 heavy (non-hydrogen) atoms. The number of methoxy groups -OCH3 is 1. The van der Waals surface area contributed by atoms with Gasteiger partial charge in [-0.2, -0.15) is 0 Å². The minimum absolute atomic E-state index is 0. The van der Waals surface area contributed by atoms with Crippen LogP contribution in [-0.4, -0.2) is 61.3 Å². The number of hydrogen-bond acceptors (Lipinski definition) is 4. The number of ether oxygens (including phenoxy) is 1. The second-order valence-corrected chi connectivity index (χ2v) is 6.32. The molecule has 0 aromatic heterocycles. The summed E-state index contributed by atoms with van der Waals surface area (Å²) in [4.78, 5) is 18.4. The Morgan fingerprint density at radius 3 is 2.58 bits per heavy atom. The van der Waals surface area contributed by atoms with Gasteiger partial charge in [0.25, 0.3) is 0 Å². The number of aliphatic hydroxyl groups is 1. The van der Waals surface area contributed by atoms with Crippen LogP contribution in [0.3, 0.4) is 0 Å². The summed E-state index contributed by atoms with van der Waals surface area (Å²) in [5.74, 6) is 0.658. The zero-order valence-corrected chi connectivity index (χ0v) is 17.9.